The molecule has 31 heavy (non-hydrogen) atoms. The number of nitrogens with one attached hydrogen (secondary N) is 2. The second-order valence-electron chi connectivity index (χ2n) is 6.65. The van der Waals surface area contributed by atoms with Gasteiger partial charge >= 0.3 is 0 Å². The molecule has 0 unspecified atom stereocenters. The summed E-state index contributed by atoms with van der Waals surface area (Å²) >= 11 is 5.23. The molecule has 0 amide bonds. The molecular formula is C22H18N4O4S. The molecule has 2 heterocycles. The van der Waals surface area contributed by atoms with E-state index in [0.717, 1.165) is 0 Å². The predicted octanol–water partition coefficient (Wildman–Crippen LogP) is 1.33. The van der Waals surface area contributed by atoms with E-state index in [9.17, 15) is 14.7 Å². The summed E-state index contributed by atoms with van der Waals surface area (Å²) in [5.41, 5.74) is -0.0261. The van der Waals surface area contributed by atoms with Gasteiger partial charge < -0.3 is 9.84 Å². The van der Waals surface area contributed by atoms with Crippen LogP contribution in [0.3, 0.4) is 0 Å². The molecule has 0 bridgehead atoms. The summed E-state index contributed by atoms with van der Waals surface area (Å²) in [6, 6.07) is 15.7. The lowest BCUT2D eigenvalue weighted by Crippen LogP contribution is -2.35. The number of aromatic amines is 2. The third kappa shape index (κ3) is 3.62. The highest BCUT2D eigenvalue weighted by Gasteiger charge is 2.14. The number of rotatable bonds is 4. The Hall–Kier alpha value is -4.11. The molecule has 0 aliphatic rings. The van der Waals surface area contributed by atoms with Crippen molar-refractivity contribution in [3.8, 4) is 23.0 Å². The van der Waals surface area contributed by atoms with Crippen LogP contribution >= 0.6 is 12.2 Å². The van der Waals surface area contributed by atoms with E-state index >= 15 is 0 Å². The number of H-pyrrole nitrogens is 2. The summed E-state index contributed by atoms with van der Waals surface area (Å²) in [5, 5.41) is 14.2. The van der Waals surface area contributed by atoms with Crippen LogP contribution in [0.15, 0.2) is 64.2 Å². The smallest absolute Gasteiger partial charge is 0.279 e. The average Bonchev–Trinajstić information content (AvgIpc) is 3.05. The molecule has 4 rings (SSSR count). The van der Waals surface area contributed by atoms with Crippen LogP contribution in [0.1, 0.15) is 5.56 Å². The topological polar surface area (TPSA) is 105 Å². The summed E-state index contributed by atoms with van der Waals surface area (Å²) in [4.78, 5) is 28.0. The zero-order valence-corrected chi connectivity index (χ0v) is 17.3. The first kappa shape index (κ1) is 20.2. The van der Waals surface area contributed by atoms with Gasteiger partial charge in [-0.15, -0.1) is 0 Å². The SMILES string of the molecule is C=c1[nH]n(-c2ccccc2)c(=O)c1=Cc1c(O)n(-c2ccc(OC)cc2)c(=S)[nH]c1=O. The van der Waals surface area contributed by atoms with Crippen molar-refractivity contribution >= 4 is 24.9 Å². The fraction of sp³-hybridized carbons (Fsp3) is 0.0455. The van der Waals surface area contributed by atoms with Crippen LogP contribution in [0, 0.1) is 4.77 Å². The molecule has 3 N–H and O–H groups in total. The zero-order chi connectivity index (χ0) is 22.1. The maximum Gasteiger partial charge on any atom is 0.279 e. The van der Waals surface area contributed by atoms with E-state index in [1.165, 1.54) is 15.3 Å². The number of nitrogens with zero attached hydrogens (tertiary/aromatic N) is 2. The van der Waals surface area contributed by atoms with Crippen LogP contribution in [0.4, 0.5) is 0 Å². The molecule has 2 aromatic heterocycles. The fourth-order valence-corrected chi connectivity index (χ4v) is 3.47. The normalized spacial score (nSPS) is 11.6. The lowest BCUT2D eigenvalue weighted by molar-refractivity contribution is 0.414. The minimum Gasteiger partial charge on any atom is -0.497 e. The van der Waals surface area contributed by atoms with Gasteiger partial charge in [0.1, 0.15) is 11.3 Å². The van der Waals surface area contributed by atoms with Gasteiger partial charge in [-0.2, -0.15) is 0 Å². The van der Waals surface area contributed by atoms with Gasteiger partial charge in [0.2, 0.25) is 5.88 Å². The van der Waals surface area contributed by atoms with Crippen LogP contribution in [0.5, 0.6) is 11.6 Å². The van der Waals surface area contributed by atoms with E-state index in [0.29, 0.717) is 22.5 Å². The standard InChI is InChI=1S/C22H18N4O4S/c1-13-17(21(29)26(24-13)15-6-4-3-5-7-15)12-18-19(27)23-22(31)25(20(18)28)14-8-10-16(30-2)11-9-14/h3-12,24,28H,1H2,2H3,(H,23,27,31). The minimum atomic E-state index is -0.626. The van der Waals surface area contributed by atoms with Crippen molar-refractivity contribution in [2.75, 3.05) is 7.11 Å². The van der Waals surface area contributed by atoms with Gasteiger partial charge in [-0.05, 0) is 54.7 Å². The van der Waals surface area contributed by atoms with Crippen LogP contribution in [-0.2, 0) is 0 Å². The molecule has 2 aromatic carbocycles. The molecule has 0 saturated heterocycles. The third-order valence-corrected chi connectivity index (χ3v) is 5.04. The molecular weight excluding hydrogens is 416 g/mol. The first-order valence-electron chi connectivity index (χ1n) is 9.20. The Bertz CT molecular complexity index is 1550. The van der Waals surface area contributed by atoms with Gasteiger partial charge in [0.05, 0.1) is 29.1 Å². The first-order valence-corrected chi connectivity index (χ1v) is 9.61. The molecule has 0 aliphatic heterocycles. The van der Waals surface area contributed by atoms with Crippen molar-refractivity contribution in [2.24, 2.45) is 0 Å². The Labute approximate surface area is 180 Å². The third-order valence-electron chi connectivity index (χ3n) is 4.76. The number of methoxy groups -OCH3 is 1. The summed E-state index contributed by atoms with van der Waals surface area (Å²) in [6.45, 7) is 3.86. The number of aromatic nitrogens is 4. The lowest BCUT2D eigenvalue weighted by atomic mass is 10.2. The van der Waals surface area contributed by atoms with Gasteiger partial charge in [0.15, 0.2) is 4.77 Å². The highest BCUT2D eigenvalue weighted by Crippen LogP contribution is 2.22. The van der Waals surface area contributed by atoms with E-state index < -0.39 is 17.0 Å². The molecule has 0 fully saturated rings. The quantitative estimate of drug-likeness (QED) is 0.421. The van der Waals surface area contributed by atoms with Crippen molar-refractivity contribution in [1.29, 1.82) is 0 Å². The number of hydrogen-bond donors (Lipinski definition) is 3. The molecule has 0 radical (unpaired) electrons. The highest BCUT2D eigenvalue weighted by molar-refractivity contribution is 7.71. The Morgan fingerprint density at radius 2 is 1.74 bits per heavy atom. The lowest BCUT2D eigenvalue weighted by Gasteiger charge is -2.11. The zero-order valence-electron chi connectivity index (χ0n) is 16.5. The van der Waals surface area contributed by atoms with E-state index in [1.54, 1.807) is 55.6 Å². The monoisotopic (exact) mass is 434 g/mol. The first-order chi connectivity index (χ1) is 14.9. The number of ether oxygens (including phenoxy) is 1. The fourth-order valence-electron chi connectivity index (χ4n) is 3.19. The Morgan fingerprint density at radius 1 is 1.06 bits per heavy atom. The van der Waals surface area contributed by atoms with Gasteiger partial charge in [-0.25, -0.2) is 4.68 Å². The molecule has 0 atom stereocenters. The van der Waals surface area contributed by atoms with Crippen molar-refractivity contribution in [1.82, 2.24) is 19.3 Å². The van der Waals surface area contributed by atoms with E-state index in [-0.39, 0.29) is 15.6 Å². The van der Waals surface area contributed by atoms with Gasteiger partial charge in [-0.1, -0.05) is 24.8 Å². The van der Waals surface area contributed by atoms with E-state index in [4.69, 9.17) is 17.0 Å². The summed E-state index contributed by atoms with van der Waals surface area (Å²) in [7, 11) is 1.54. The average molecular weight is 434 g/mol. The Kier molecular flexibility index (Phi) is 5.18. The van der Waals surface area contributed by atoms with Crippen molar-refractivity contribution in [3.05, 3.63) is 96.2 Å². The Morgan fingerprint density at radius 3 is 2.39 bits per heavy atom. The van der Waals surface area contributed by atoms with Gasteiger partial charge in [-0.3, -0.25) is 24.2 Å². The molecule has 0 saturated carbocycles. The minimum absolute atomic E-state index is 0.00966. The van der Waals surface area contributed by atoms with Crippen LogP contribution in [0.2, 0.25) is 0 Å². The molecule has 9 heteroatoms. The number of aromatic hydroxyl groups is 1. The molecule has 0 aliphatic carbocycles. The molecule has 156 valence electrons. The van der Waals surface area contributed by atoms with E-state index in [1.807, 2.05) is 6.07 Å². The Balaban J connectivity index is 1.94. The maximum atomic E-state index is 12.9. The van der Waals surface area contributed by atoms with E-state index in [2.05, 4.69) is 16.7 Å². The summed E-state index contributed by atoms with van der Waals surface area (Å²) in [5.74, 6) is 0.228. The van der Waals surface area contributed by atoms with Crippen LogP contribution in [-0.4, -0.2) is 31.5 Å². The predicted molar refractivity (Wildman–Crippen MR) is 120 cm³/mol. The second-order valence-corrected chi connectivity index (χ2v) is 7.04. The van der Waals surface area contributed by atoms with Crippen LogP contribution < -0.4 is 26.4 Å². The number of para-hydroxylation sites is 1. The summed E-state index contributed by atoms with van der Waals surface area (Å²) < 4.78 is 7.77. The number of benzene rings is 2. The largest absolute Gasteiger partial charge is 0.497 e. The van der Waals surface area contributed by atoms with Crippen molar-refractivity contribution < 1.29 is 9.84 Å². The molecule has 4 aromatic rings. The molecule has 8 nitrogen and oxygen atoms in total. The maximum absolute atomic E-state index is 12.9. The van der Waals surface area contributed by atoms with Gasteiger partial charge in [0.25, 0.3) is 11.1 Å². The number of hydrogen-bond acceptors (Lipinski definition) is 5. The summed E-state index contributed by atoms with van der Waals surface area (Å²) in [6.07, 6.45) is 1.30. The van der Waals surface area contributed by atoms with Crippen molar-refractivity contribution in [3.63, 3.8) is 0 Å². The van der Waals surface area contributed by atoms with Gasteiger partial charge in [0, 0.05) is 0 Å². The second kappa shape index (κ2) is 7.96. The van der Waals surface area contributed by atoms with Crippen LogP contribution in [0.25, 0.3) is 24.0 Å². The highest BCUT2D eigenvalue weighted by atomic mass is 32.1. The van der Waals surface area contributed by atoms with Crippen molar-refractivity contribution in [2.45, 2.75) is 0 Å². The molecule has 0 spiro atoms.